The van der Waals surface area contributed by atoms with Crippen LogP contribution >= 0.6 is 11.8 Å². The van der Waals surface area contributed by atoms with E-state index in [-0.39, 0.29) is 12.3 Å². The fourth-order valence-corrected chi connectivity index (χ4v) is 4.63. The molecule has 0 spiro atoms. The Bertz CT molecular complexity index is 1010. The number of ether oxygens (including phenoxy) is 1. The Balaban J connectivity index is 1.34. The Kier molecular flexibility index (Phi) is 6.23. The highest BCUT2D eigenvalue weighted by molar-refractivity contribution is 8.09. The number of carboxylic acids is 1. The number of aryl methyl sites for hydroxylation is 1. The van der Waals surface area contributed by atoms with Crippen LogP contribution in [0, 0.1) is 6.92 Å². The highest BCUT2D eigenvalue weighted by Gasteiger charge is 2.22. The van der Waals surface area contributed by atoms with Crippen LogP contribution in [0.4, 0.5) is 0 Å². The van der Waals surface area contributed by atoms with Gasteiger partial charge in [-0.1, -0.05) is 53.2 Å². The molecule has 1 aliphatic rings. The van der Waals surface area contributed by atoms with Gasteiger partial charge in [-0.05, 0) is 36.6 Å². The van der Waals surface area contributed by atoms with Crippen molar-refractivity contribution in [2.45, 2.75) is 30.9 Å². The lowest BCUT2D eigenvalue weighted by Crippen LogP contribution is -2.11. The van der Waals surface area contributed by atoms with E-state index >= 15 is 0 Å². The summed E-state index contributed by atoms with van der Waals surface area (Å²) in [6.07, 6.45) is 4.68. The molecule has 4 rings (SSSR count). The lowest BCUT2D eigenvalue weighted by atomic mass is 9.92. The quantitative estimate of drug-likeness (QED) is 0.517. The minimum absolute atomic E-state index is 0.0427. The molecule has 0 bridgehead atoms. The van der Waals surface area contributed by atoms with Crippen molar-refractivity contribution < 1.29 is 19.2 Å². The van der Waals surface area contributed by atoms with E-state index in [0.717, 1.165) is 17.7 Å². The second-order valence-electron chi connectivity index (χ2n) is 7.36. The first-order chi connectivity index (χ1) is 14.6. The number of benzene rings is 2. The number of aliphatic carboxylic acids is 1. The van der Waals surface area contributed by atoms with E-state index in [9.17, 15) is 9.90 Å². The van der Waals surface area contributed by atoms with Gasteiger partial charge in [-0.25, -0.2) is 0 Å². The van der Waals surface area contributed by atoms with E-state index in [0.29, 0.717) is 17.6 Å². The highest BCUT2D eigenvalue weighted by atomic mass is 32.2. The number of carboxylic acid groups (broad SMARTS) is 1. The molecular formula is C24H23NO4S. The van der Waals surface area contributed by atoms with Crippen LogP contribution in [0.1, 0.15) is 41.1 Å². The van der Waals surface area contributed by atoms with Crippen molar-refractivity contribution in [3.63, 3.8) is 0 Å². The molecule has 6 heteroatoms. The van der Waals surface area contributed by atoms with Crippen molar-refractivity contribution in [3.05, 3.63) is 89.3 Å². The van der Waals surface area contributed by atoms with Gasteiger partial charge in [-0.3, -0.25) is 4.79 Å². The van der Waals surface area contributed by atoms with Gasteiger partial charge in [-0.2, -0.15) is 0 Å². The van der Waals surface area contributed by atoms with Gasteiger partial charge in [0.15, 0.2) is 0 Å². The van der Waals surface area contributed by atoms with Gasteiger partial charge in [-0.15, -0.1) is 11.8 Å². The maximum atomic E-state index is 11.2. The van der Waals surface area contributed by atoms with Crippen LogP contribution in [-0.4, -0.2) is 28.1 Å². The summed E-state index contributed by atoms with van der Waals surface area (Å²) in [6.45, 7) is 2.72. The predicted octanol–water partition coefficient (Wildman–Crippen LogP) is 5.52. The zero-order valence-corrected chi connectivity index (χ0v) is 17.5. The minimum atomic E-state index is -0.876. The summed E-state index contributed by atoms with van der Waals surface area (Å²) in [5.74, 6) is -0.446. The number of thioether (sulfide) groups is 1. The van der Waals surface area contributed by atoms with Crippen LogP contribution in [0.5, 0.6) is 5.75 Å². The number of allylic oxidation sites excluding steroid dienone is 1. The van der Waals surface area contributed by atoms with Crippen LogP contribution in [-0.2, 0) is 4.79 Å². The molecule has 3 aromatic rings. The van der Waals surface area contributed by atoms with Gasteiger partial charge >= 0.3 is 5.97 Å². The number of nitrogens with zero attached hydrogens (tertiary/aromatic N) is 1. The lowest BCUT2D eigenvalue weighted by Gasteiger charge is -2.15. The molecular weight excluding hydrogens is 398 g/mol. The molecule has 1 N–H and O–H groups in total. The number of aromatic nitrogens is 1. The first kappa shape index (κ1) is 20.3. The Labute approximate surface area is 179 Å². The second kappa shape index (κ2) is 9.22. The first-order valence-corrected chi connectivity index (χ1v) is 10.7. The van der Waals surface area contributed by atoms with E-state index < -0.39 is 5.97 Å². The molecule has 0 amide bonds. The molecule has 0 fully saturated rings. The maximum absolute atomic E-state index is 11.2. The predicted molar refractivity (Wildman–Crippen MR) is 118 cm³/mol. The monoisotopic (exact) mass is 421 g/mol. The first-order valence-electron chi connectivity index (χ1n) is 9.87. The zero-order valence-electron chi connectivity index (χ0n) is 16.7. The number of hydrogen-bond donors (Lipinski definition) is 1. The van der Waals surface area contributed by atoms with Crippen molar-refractivity contribution in [2.24, 2.45) is 0 Å². The van der Waals surface area contributed by atoms with Gasteiger partial charge in [0, 0.05) is 22.1 Å². The highest BCUT2D eigenvalue weighted by Crippen LogP contribution is 2.39. The maximum Gasteiger partial charge on any atom is 0.304 e. The molecule has 0 saturated carbocycles. The van der Waals surface area contributed by atoms with Gasteiger partial charge < -0.3 is 14.4 Å². The SMILES string of the molecule is Cc1ccc(C2=CCC(COc3ccc([C@H](CC(=O)O)c4ccon4)cc3)S2)cc1. The Morgan fingerprint density at radius 2 is 1.97 bits per heavy atom. The summed E-state index contributed by atoms with van der Waals surface area (Å²) < 4.78 is 10.9. The van der Waals surface area contributed by atoms with Crippen LogP contribution in [0.2, 0.25) is 0 Å². The second-order valence-corrected chi connectivity index (χ2v) is 8.71. The Morgan fingerprint density at radius 3 is 2.63 bits per heavy atom. The van der Waals surface area contributed by atoms with Gasteiger partial charge in [0.05, 0.1) is 12.1 Å². The third-order valence-corrected chi connectivity index (χ3v) is 6.43. The van der Waals surface area contributed by atoms with E-state index in [1.807, 2.05) is 36.0 Å². The molecule has 154 valence electrons. The minimum Gasteiger partial charge on any atom is -0.492 e. The Morgan fingerprint density at radius 1 is 1.20 bits per heavy atom. The number of rotatable bonds is 8. The summed E-state index contributed by atoms with van der Waals surface area (Å²) in [5, 5.41) is 13.5. The molecule has 0 saturated heterocycles. The summed E-state index contributed by atoms with van der Waals surface area (Å²) in [4.78, 5) is 12.6. The van der Waals surface area contributed by atoms with Gasteiger partial charge in [0.25, 0.3) is 0 Å². The molecule has 1 aliphatic heterocycles. The molecule has 30 heavy (non-hydrogen) atoms. The number of hydrogen-bond acceptors (Lipinski definition) is 5. The van der Waals surface area contributed by atoms with E-state index in [2.05, 4.69) is 42.4 Å². The van der Waals surface area contributed by atoms with E-state index in [1.165, 1.54) is 22.3 Å². The molecule has 0 radical (unpaired) electrons. The number of carbonyl (C=O) groups is 1. The fraction of sp³-hybridized carbons (Fsp3) is 0.250. The average Bonchev–Trinajstić information content (AvgIpc) is 3.44. The molecule has 5 nitrogen and oxygen atoms in total. The van der Waals surface area contributed by atoms with E-state index in [1.54, 1.807) is 6.07 Å². The topological polar surface area (TPSA) is 72.6 Å². The standard InChI is InChI=1S/C24H23NO4S/c1-16-2-4-18(5-3-16)23-11-10-20(30-23)15-28-19-8-6-17(7-9-19)21(14-24(26)27)22-12-13-29-25-22/h2-9,11-13,20-21H,10,14-15H2,1H3,(H,26,27)/t20?,21-/m0/s1. The molecule has 2 atom stereocenters. The molecule has 1 unspecified atom stereocenters. The van der Waals surface area contributed by atoms with Crippen LogP contribution in [0.15, 0.2) is 71.5 Å². The van der Waals surface area contributed by atoms with Crippen molar-refractivity contribution in [3.8, 4) is 5.75 Å². The molecule has 0 aliphatic carbocycles. The summed E-state index contributed by atoms with van der Waals surface area (Å²) in [6, 6.07) is 17.9. The lowest BCUT2D eigenvalue weighted by molar-refractivity contribution is -0.137. The summed E-state index contributed by atoms with van der Waals surface area (Å²) in [5.41, 5.74) is 4.01. The largest absolute Gasteiger partial charge is 0.492 e. The normalized spacial score (nSPS) is 16.8. The zero-order chi connectivity index (χ0) is 20.9. The molecule has 1 aromatic heterocycles. The van der Waals surface area contributed by atoms with Crippen molar-refractivity contribution in [1.29, 1.82) is 0 Å². The average molecular weight is 422 g/mol. The third-order valence-electron chi connectivity index (χ3n) is 5.11. The van der Waals surface area contributed by atoms with Crippen molar-refractivity contribution >= 4 is 22.6 Å². The molecule has 2 aromatic carbocycles. The summed E-state index contributed by atoms with van der Waals surface area (Å²) in [7, 11) is 0. The van der Waals surface area contributed by atoms with Crippen LogP contribution < -0.4 is 4.74 Å². The van der Waals surface area contributed by atoms with Gasteiger partial charge in [0.1, 0.15) is 18.6 Å². The smallest absolute Gasteiger partial charge is 0.304 e. The molecule has 2 heterocycles. The van der Waals surface area contributed by atoms with E-state index in [4.69, 9.17) is 9.26 Å². The van der Waals surface area contributed by atoms with Gasteiger partial charge in [0.2, 0.25) is 0 Å². The van der Waals surface area contributed by atoms with Crippen LogP contribution in [0.25, 0.3) is 4.91 Å². The third kappa shape index (κ3) is 4.94. The van der Waals surface area contributed by atoms with Crippen molar-refractivity contribution in [1.82, 2.24) is 5.16 Å². The fourth-order valence-electron chi connectivity index (χ4n) is 3.48. The Hall–Kier alpha value is -2.99. The van der Waals surface area contributed by atoms with Crippen LogP contribution in [0.3, 0.4) is 0 Å². The van der Waals surface area contributed by atoms with Crippen molar-refractivity contribution in [2.75, 3.05) is 6.61 Å². The summed E-state index contributed by atoms with van der Waals surface area (Å²) >= 11 is 1.85.